The molecule has 2 rings (SSSR count). The predicted molar refractivity (Wildman–Crippen MR) is 117 cm³/mol. The normalized spacial score (nSPS) is 15.8. The number of thiophene rings is 1. The number of fused-ring (bicyclic) bond motifs is 1. The average Bonchev–Trinajstić information content (AvgIpc) is 3.07. The van der Waals surface area contributed by atoms with Gasteiger partial charge in [-0.15, -0.1) is 11.3 Å². The topological polar surface area (TPSA) is 97.0 Å². The van der Waals surface area contributed by atoms with Crippen molar-refractivity contribution in [1.82, 2.24) is 10.2 Å². The van der Waals surface area contributed by atoms with Gasteiger partial charge in [0, 0.05) is 24.4 Å². The summed E-state index contributed by atoms with van der Waals surface area (Å²) in [6.07, 6.45) is -4.12. The van der Waals surface area contributed by atoms with Gasteiger partial charge < -0.3 is 25.0 Å². The van der Waals surface area contributed by atoms with E-state index in [9.17, 15) is 27.6 Å². The summed E-state index contributed by atoms with van der Waals surface area (Å²) in [5.41, 5.74) is -3.03. The summed E-state index contributed by atoms with van der Waals surface area (Å²) in [6.45, 7) is 5.46. The van der Waals surface area contributed by atoms with E-state index < -0.39 is 29.7 Å². The monoisotopic (exact) mass is 493 g/mol. The van der Waals surface area contributed by atoms with Crippen LogP contribution in [0.4, 0.5) is 18.2 Å². The SMILES string of the molecule is CCCCC(=O)N[C@@](Nc1sc2c(c1C(=O)OCC)CCN(C)C2)(C(=O)OCC)C(F)(F)F. The van der Waals surface area contributed by atoms with Gasteiger partial charge in [0.25, 0.3) is 0 Å². The molecule has 1 amide bonds. The first-order valence-corrected chi connectivity index (χ1v) is 11.7. The Morgan fingerprint density at radius 1 is 1.12 bits per heavy atom. The minimum absolute atomic E-state index is 0.0266. The molecule has 2 heterocycles. The number of hydrogen-bond donors (Lipinski definition) is 2. The minimum Gasteiger partial charge on any atom is -0.463 e. The van der Waals surface area contributed by atoms with Crippen molar-refractivity contribution < 1.29 is 37.0 Å². The van der Waals surface area contributed by atoms with Crippen molar-refractivity contribution in [3.05, 3.63) is 16.0 Å². The Hall–Kier alpha value is -2.34. The lowest BCUT2D eigenvalue weighted by Gasteiger charge is -2.35. The predicted octanol–water partition coefficient (Wildman–Crippen LogP) is 3.45. The van der Waals surface area contributed by atoms with Gasteiger partial charge in [-0.25, -0.2) is 9.59 Å². The molecule has 8 nitrogen and oxygen atoms in total. The summed E-state index contributed by atoms with van der Waals surface area (Å²) >= 11 is 0.931. The van der Waals surface area contributed by atoms with Gasteiger partial charge in [0.05, 0.1) is 18.8 Å². The number of alkyl halides is 3. The van der Waals surface area contributed by atoms with E-state index in [1.807, 2.05) is 17.3 Å². The highest BCUT2D eigenvalue weighted by atomic mass is 32.1. The van der Waals surface area contributed by atoms with Gasteiger partial charge in [0.15, 0.2) is 0 Å². The van der Waals surface area contributed by atoms with Gasteiger partial charge >= 0.3 is 23.8 Å². The molecule has 0 unspecified atom stereocenters. The molecule has 0 aromatic carbocycles. The molecule has 33 heavy (non-hydrogen) atoms. The number of amides is 1. The van der Waals surface area contributed by atoms with E-state index in [-0.39, 0.29) is 30.2 Å². The largest absolute Gasteiger partial charge is 0.463 e. The van der Waals surface area contributed by atoms with Crippen LogP contribution in [0, 0.1) is 0 Å². The molecule has 0 fully saturated rings. The molecule has 0 saturated heterocycles. The summed E-state index contributed by atoms with van der Waals surface area (Å²) in [4.78, 5) is 40.4. The highest BCUT2D eigenvalue weighted by Gasteiger charge is 2.64. The second-order valence-corrected chi connectivity index (χ2v) is 8.77. The molecule has 0 radical (unpaired) electrons. The number of carbonyl (C=O) groups is 3. The standard InChI is InChI=1S/C21H30F3N3O5S/c1-5-8-9-15(28)25-20(21(22,23)24,19(30)32-7-3)26-17-16(18(29)31-6-2)13-10-11-27(4)12-14(13)33-17/h26H,5-12H2,1-4H3,(H,25,28)/t20-/m1/s1. The zero-order chi connectivity index (χ0) is 24.8. The first kappa shape index (κ1) is 26.9. The molecular formula is C21H30F3N3O5S. The van der Waals surface area contributed by atoms with Crippen LogP contribution in [0.15, 0.2) is 0 Å². The third-order valence-corrected chi connectivity index (χ3v) is 6.25. The lowest BCUT2D eigenvalue weighted by molar-refractivity contribution is -0.207. The van der Waals surface area contributed by atoms with Crippen molar-refractivity contribution in [2.45, 2.75) is 64.8 Å². The van der Waals surface area contributed by atoms with Gasteiger partial charge in [-0.3, -0.25) is 4.79 Å². The lowest BCUT2D eigenvalue weighted by Crippen LogP contribution is -2.69. The van der Waals surface area contributed by atoms with Gasteiger partial charge in [-0.1, -0.05) is 13.3 Å². The van der Waals surface area contributed by atoms with Crippen LogP contribution in [0.2, 0.25) is 0 Å². The molecule has 186 valence electrons. The highest BCUT2D eigenvalue weighted by molar-refractivity contribution is 7.16. The number of rotatable bonds is 10. The molecule has 1 aromatic rings. The molecule has 12 heteroatoms. The Morgan fingerprint density at radius 3 is 2.36 bits per heavy atom. The van der Waals surface area contributed by atoms with Crippen LogP contribution in [-0.4, -0.2) is 61.4 Å². The van der Waals surface area contributed by atoms with Crippen LogP contribution >= 0.6 is 11.3 Å². The molecule has 0 bridgehead atoms. The maximum atomic E-state index is 14.4. The second kappa shape index (κ2) is 11.2. The Balaban J connectivity index is 2.62. The zero-order valence-electron chi connectivity index (χ0n) is 19.2. The van der Waals surface area contributed by atoms with E-state index in [2.05, 4.69) is 5.32 Å². The Morgan fingerprint density at radius 2 is 1.79 bits per heavy atom. The van der Waals surface area contributed by atoms with Gasteiger partial charge in [0.1, 0.15) is 5.00 Å². The maximum absolute atomic E-state index is 14.4. The van der Waals surface area contributed by atoms with Crippen LogP contribution in [-0.2, 0) is 32.0 Å². The van der Waals surface area contributed by atoms with E-state index in [0.717, 1.165) is 11.3 Å². The number of nitrogens with zero attached hydrogens (tertiary/aromatic N) is 1. The number of halogens is 3. The quantitative estimate of drug-likeness (QED) is 0.381. The number of ether oxygens (including phenoxy) is 2. The van der Waals surface area contributed by atoms with E-state index in [1.54, 1.807) is 13.8 Å². The van der Waals surface area contributed by atoms with Crippen molar-refractivity contribution >= 4 is 34.2 Å². The van der Waals surface area contributed by atoms with Crippen molar-refractivity contribution in [3.8, 4) is 0 Å². The molecule has 1 aliphatic rings. The number of unbranched alkanes of at least 4 members (excludes halogenated alkanes) is 1. The number of carbonyl (C=O) groups excluding carboxylic acids is 3. The fourth-order valence-corrected chi connectivity index (χ4v) is 4.82. The number of likely N-dealkylation sites (N-methyl/N-ethyl adjacent to an activating group) is 1. The summed E-state index contributed by atoms with van der Waals surface area (Å²) in [7, 11) is 1.85. The highest BCUT2D eigenvalue weighted by Crippen LogP contribution is 2.41. The van der Waals surface area contributed by atoms with Crippen LogP contribution in [0.3, 0.4) is 0 Å². The number of hydrogen-bond acceptors (Lipinski definition) is 8. The molecular weight excluding hydrogens is 463 g/mol. The van der Waals surface area contributed by atoms with Crippen molar-refractivity contribution in [1.29, 1.82) is 0 Å². The average molecular weight is 494 g/mol. The zero-order valence-corrected chi connectivity index (χ0v) is 20.0. The first-order valence-electron chi connectivity index (χ1n) is 10.8. The third kappa shape index (κ3) is 5.97. The maximum Gasteiger partial charge on any atom is 0.441 e. The second-order valence-electron chi connectivity index (χ2n) is 7.66. The van der Waals surface area contributed by atoms with E-state index in [4.69, 9.17) is 9.47 Å². The fraction of sp³-hybridized carbons (Fsp3) is 0.667. The smallest absolute Gasteiger partial charge is 0.441 e. The van der Waals surface area contributed by atoms with Crippen LogP contribution < -0.4 is 10.6 Å². The molecule has 0 spiro atoms. The number of nitrogens with one attached hydrogen (secondary N) is 2. The van der Waals surface area contributed by atoms with Crippen LogP contribution in [0.5, 0.6) is 0 Å². The third-order valence-electron chi connectivity index (χ3n) is 5.12. The number of esters is 2. The van der Waals surface area contributed by atoms with Crippen LogP contribution in [0.25, 0.3) is 0 Å². The first-order chi connectivity index (χ1) is 15.5. The molecule has 1 atom stereocenters. The molecule has 1 aromatic heterocycles. The van der Waals surface area contributed by atoms with Crippen molar-refractivity contribution in [3.63, 3.8) is 0 Å². The van der Waals surface area contributed by atoms with Gasteiger partial charge in [-0.2, -0.15) is 13.2 Å². The van der Waals surface area contributed by atoms with Crippen molar-refractivity contribution in [2.24, 2.45) is 0 Å². The molecule has 0 aliphatic carbocycles. The Kier molecular flexibility index (Phi) is 9.12. The molecule has 0 saturated carbocycles. The summed E-state index contributed by atoms with van der Waals surface area (Å²) in [5.74, 6) is -3.46. The Labute approximate surface area is 194 Å². The fourth-order valence-electron chi connectivity index (χ4n) is 3.45. The van der Waals surface area contributed by atoms with Crippen LogP contribution in [0.1, 0.15) is 60.8 Å². The van der Waals surface area contributed by atoms with Crippen molar-refractivity contribution in [2.75, 3.05) is 32.1 Å². The van der Waals surface area contributed by atoms with E-state index >= 15 is 0 Å². The summed E-state index contributed by atoms with van der Waals surface area (Å²) in [5, 5.41) is 3.79. The van der Waals surface area contributed by atoms with E-state index in [0.29, 0.717) is 42.8 Å². The lowest BCUT2D eigenvalue weighted by atomic mass is 10.0. The summed E-state index contributed by atoms with van der Waals surface area (Å²) < 4.78 is 53.2. The minimum atomic E-state index is -5.27. The molecule has 1 aliphatic heterocycles. The van der Waals surface area contributed by atoms with Gasteiger partial charge in [-0.05, 0) is 39.3 Å². The van der Waals surface area contributed by atoms with Gasteiger partial charge in [0.2, 0.25) is 5.91 Å². The Bertz CT molecular complexity index is 874. The summed E-state index contributed by atoms with van der Waals surface area (Å²) in [6, 6.07) is 0. The van der Waals surface area contributed by atoms with E-state index in [1.165, 1.54) is 6.92 Å². The molecule has 2 N–H and O–H groups in total. The number of anilines is 1.